The minimum absolute atomic E-state index is 0.0641. The number of halogens is 1. The summed E-state index contributed by atoms with van der Waals surface area (Å²) in [4.78, 5) is 23.9. The number of esters is 1. The monoisotopic (exact) mass is 406 g/mol. The van der Waals surface area contributed by atoms with Gasteiger partial charge in [0, 0.05) is 4.47 Å². The van der Waals surface area contributed by atoms with Crippen LogP contribution in [0.4, 0.5) is 0 Å². The molecule has 1 aromatic rings. The van der Waals surface area contributed by atoms with E-state index in [0.29, 0.717) is 10.9 Å². The van der Waals surface area contributed by atoms with Crippen LogP contribution in [0, 0.1) is 5.92 Å². The van der Waals surface area contributed by atoms with Gasteiger partial charge in [-0.05, 0) is 46.5 Å². The Balaban J connectivity index is 3.10. The Morgan fingerprint density at radius 1 is 1.35 bits per heavy atom. The summed E-state index contributed by atoms with van der Waals surface area (Å²) in [6.07, 6.45) is 0.394. The number of sulfonamides is 1. The Labute approximate surface area is 143 Å². The summed E-state index contributed by atoms with van der Waals surface area (Å²) in [6.45, 7) is 3.80. The lowest BCUT2D eigenvalue weighted by Crippen LogP contribution is -2.42. The van der Waals surface area contributed by atoms with Crippen LogP contribution in [0.5, 0.6) is 0 Å². The van der Waals surface area contributed by atoms with E-state index in [0.717, 1.165) is 6.07 Å². The average Bonchev–Trinajstić information content (AvgIpc) is 2.44. The maximum Gasteiger partial charge on any atom is 0.328 e. The molecule has 0 aliphatic heterocycles. The van der Waals surface area contributed by atoms with Gasteiger partial charge in [-0.3, -0.25) is 4.79 Å². The van der Waals surface area contributed by atoms with Crippen molar-refractivity contribution in [2.45, 2.75) is 31.2 Å². The van der Waals surface area contributed by atoms with Gasteiger partial charge < -0.3 is 10.1 Å². The van der Waals surface area contributed by atoms with Crippen molar-refractivity contribution in [2.75, 3.05) is 7.11 Å². The molecule has 128 valence electrons. The number of carbonyl (C=O) groups is 2. The second kappa shape index (κ2) is 7.89. The molecule has 0 saturated carbocycles. The SMILES string of the molecule is COC(=O)C(CC(C)C)NC(=O)c1cc(S(N)(=O)=O)ccc1Br. The summed E-state index contributed by atoms with van der Waals surface area (Å²) in [7, 11) is -2.70. The number of amides is 1. The quantitative estimate of drug-likeness (QED) is 0.692. The lowest BCUT2D eigenvalue weighted by atomic mass is 10.0. The van der Waals surface area contributed by atoms with E-state index in [2.05, 4.69) is 26.0 Å². The van der Waals surface area contributed by atoms with Crippen LogP contribution < -0.4 is 10.5 Å². The highest BCUT2D eigenvalue weighted by molar-refractivity contribution is 9.10. The first-order valence-corrected chi connectivity index (χ1v) is 9.11. The minimum Gasteiger partial charge on any atom is -0.467 e. The predicted molar refractivity (Wildman–Crippen MR) is 88.2 cm³/mol. The van der Waals surface area contributed by atoms with E-state index in [1.807, 2.05) is 13.8 Å². The molecule has 1 unspecified atom stereocenters. The van der Waals surface area contributed by atoms with Gasteiger partial charge in [-0.1, -0.05) is 13.8 Å². The largest absolute Gasteiger partial charge is 0.467 e. The Bertz CT molecular complexity index is 703. The van der Waals surface area contributed by atoms with Gasteiger partial charge in [-0.2, -0.15) is 0 Å². The lowest BCUT2D eigenvalue weighted by molar-refractivity contribution is -0.143. The molecule has 0 fully saturated rings. The molecule has 0 saturated heterocycles. The first kappa shape index (κ1) is 19.6. The van der Waals surface area contributed by atoms with Gasteiger partial charge in [0.05, 0.1) is 17.6 Å². The Morgan fingerprint density at radius 2 is 1.96 bits per heavy atom. The molecule has 0 spiro atoms. The van der Waals surface area contributed by atoms with Crippen LogP contribution in [0.3, 0.4) is 0 Å². The molecule has 0 bridgehead atoms. The maximum absolute atomic E-state index is 12.4. The molecule has 0 radical (unpaired) electrons. The number of methoxy groups -OCH3 is 1. The number of rotatable bonds is 6. The third-order valence-corrected chi connectivity index (χ3v) is 4.61. The molecule has 1 rings (SSSR count). The fourth-order valence-electron chi connectivity index (χ4n) is 1.92. The van der Waals surface area contributed by atoms with Crippen LogP contribution in [0.1, 0.15) is 30.6 Å². The topological polar surface area (TPSA) is 116 Å². The number of ether oxygens (including phenoxy) is 1. The summed E-state index contributed by atoms with van der Waals surface area (Å²) in [5.74, 6) is -1.01. The standard InChI is InChI=1S/C14H19BrN2O5S/c1-8(2)6-12(14(19)22-3)17-13(18)10-7-9(23(16,20)21)4-5-11(10)15/h4-5,7-8,12H,6H2,1-3H3,(H,17,18)(H2,16,20,21). The van der Waals surface area contributed by atoms with Gasteiger partial charge >= 0.3 is 5.97 Å². The second-order valence-electron chi connectivity index (χ2n) is 5.37. The van der Waals surface area contributed by atoms with Crippen molar-refractivity contribution >= 4 is 37.8 Å². The van der Waals surface area contributed by atoms with E-state index >= 15 is 0 Å². The minimum atomic E-state index is -3.94. The highest BCUT2D eigenvalue weighted by Gasteiger charge is 2.24. The van der Waals surface area contributed by atoms with Crippen molar-refractivity contribution in [3.05, 3.63) is 28.2 Å². The van der Waals surface area contributed by atoms with Crippen molar-refractivity contribution in [3.63, 3.8) is 0 Å². The molecule has 1 amide bonds. The Hall–Kier alpha value is -1.45. The summed E-state index contributed by atoms with van der Waals surface area (Å²) in [5, 5.41) is 7.62. The van der Waals surface area contributed by atoms with Crippen molar-refractivity contribution < 1.29 is 22.7 Å². The third-order valence-electron chi connectivity index (χ3n) is 3.01. The fourth-order valence-corrected chi connectivity index (χ4v) is 2.89. The van der Waals surface area contributed by atoms with E-state index in [9.17, 15) is 18.0 Å². The van der Waals surface area contributed by atoms with Gasteiger partial charge in [-0.25, -0.2) is 18.4 Å². The first-order valence-electron chi connectivity index (χ1n) is 6.77. The molecule has 23 heavy (non-hydrogen) atoms. The van der Waals surface area contributed by atoms with Crippen LogP contribution in [0.2, 0.25) is 0 Å². The lowest BCUT2D eigenvalue weighted by Gasteiger charge is -2.18. The maximum atomic E-state index is 12.4. The number of benzene rings is 1. The summed E-state index contributed by atoms with van der Waals surface area (Å²) < 4.78 is 27.9. The highest BCUT2D eigenvalue weighted by Crippen LogP contribution is 2.21. The molecule has 3 N–H and O–H groups in total. The van der Waals surface area contributed by atoms with Crippen LogP contribution >= 0.6 is 15.9 Å². The Kier molecular flexibility index (Phi) is 6.72. The van der Waals surface area contributed by atoms with Crippen molar-refractivity contribution in [3.8, 4) is 0 Å². The van der Waals surface area contributed by atoms with Gasteiger partial charge in [-0.15, -0.1) is 0 Å². The summed E-state index contributed by atoms with van der Waals surface area (Å²) >= 11 is 3.18. The van der Waals surface area contributed by atoms with Crippen molar-refractivity contribution in [1.29, 1.82) is 0 Å². The number of hydrogen-bond acceptors (Lipinski definition) is 5. The predicted octanol–water partition coefficient (Wildman–Crippen LogP) is 1.41. The van der Waals surface area contributed by atoms with Crippen molar-refractivity contribution in [2.24, 2.45) is 11.1 Å². The molecule has 0 aromatic heterocycles. The van der Waals surface area contributed by atoms with Crippen LogP contribution in [0.15, 0.2) is 27.6 Å². The molecule has 0 heterocycles. The molecule has 1 aromatic carbocycles. The summed E-state index contributed by atoms with van der Waals surface area (Å²) in [5.41, 5.74) is 0.0641. The Morgan fingerprint density at radius 3 is 2.43 bits per heavy atom. The van der Waals surface area contributed by atoms with Gasteiger partial charge in [0.25, 0.3) is 5.91 Å². The average molecular weight is 407 g/mol. The summed E-state index contributed by atoms with van der Waals surface area (Å²) in [6, 6.07) is 3.02. The zero-order valence-electron chi connectivity index (χ0n) is 13.0. The van der Waals surface area contributed by atoms with E-state index < -0.39 is 27.9 Å². The molecule has 1 atom stereocenters. The number of nitrogens with two attached hydrogens (primary N) is 1. The molecule has 7 nitrogen and oxygen atoms in total. The van der Waals surface area contributed by atoms with Crippen LogP contribution in [0.25, 0.3) is 0 Å². The first-order chi connectivity index (χ1) is 10.6. The molecular formula is C14H19BrN2O5S. The number of carbonyl (C=O) groups excluding carboxylic acids is 2. The van der Waals surface area contributed by atoms with Gasteiger partial charge in [0.15, 0.2) is 0 Å². The van der Waals surface area contributed by atoms with Crippen LogP contribution in [-0.2, 0) is 19.6 Å². The van der Waals surface area contributed by atoms with Gasteiger partial charge in [0.2, 0.25) is 10.0 Å². The molecule has 0 aliphatic rings. The molecular weight excluding hydrogens is 388 g/mol. The highest BCUT2D eigenvalue weighted by atomic mass is 79.9. The van der Waals surface area contributed by atoms with E-state index in [-0.39, 0.29) is 16.4 Å². The second-order valence-corrected chi connectivity index (χ2v) is 7.78. The number of hydrogen-bond donors (Lipinski definition) is 2. The smallest absolute Gasteiger partial charge is 0.328 e. The fraction of sp³-hybridized carbons (Fsp3) is 0.429. The molecule has 9 heteroatoms. The van der Waals surface area contributed by atoms with Crippen molar-refractivity contribution in [1.82, 2.24) is 5.32 Å². The zero-order valence-corrected chi connectivity index (χ0v) is 15.4. The number of nitrogens with one attached hydrogen (secondary N) is 1. The normalized spacial score (nSPS) is 12.8. The number of primary sulfonamides is 1. The van der Waals surface area contributed by atoms with E-state index in [1.54, 1.807) is 0 Å². The molecule has 0 aliphatic carbocycles. The van der Waals surface area contributed by atoms with E-state index in [4.69, 9.17) is 5.14 Å². The van der Waals surface area contributed by atoms with Crippen LogP contribution in [-0.4, -0.2) is 33.4 Å². The zero-order chi connectivity index (χ0) is 17.8. The van der Waals surface area contributed by atoms with Gasteiger partial charge in [0.1, 0.15) is 6.04 Å². The third kappa shape index (κ3) is 5.60. The van der Waals surface area contributed by atoms with E-state index in [1.165, 1.54) is 19.2 Å².